The van der Waals surface area contributed by atoms with E-state index in [0.29, 0.717) is 22.0 Å². The van der Waals surface area contributed by atoms with E-state index in [0.717, 1.165) is 25.8 Å². The summed E-state index contributed by atoms with van der Waals surface area (Å²) in [6.45, 7) is 2.78. The number of amides is 1. The summed E-state index contributed by atoms with van der Waals surface area (Å²) in [5, 5.41) is 14.9. The van der Waals surface area contributed by atoms with Gasteiger partial charge in [0.25, 0.3) is 11.6 Å². The zero-order valence-corrected chi connectivity index (χ0v) is 16.3. The quantitative estimate of drug-likeness (QED) is 0.533. The van der Waals surface area contributed by atoms with Crippen molar-refractivity contribution in [2.75, 3.05) is 16.8 Å². The molecule has 27 heavy (non-hydrogen) atoms. The standard InChI is InChI=1S/C19H19Cl2N3O3/c1-12-4-2-3-9-23(12)17-11-16(15(21)10-18(17)24(26)27)22-19(25)13-5-7-14(20)8-6-13/h5-8,10-12H,2-4,9H2,1H3,(H,22,25). The first-order chi connectivity index (χ1) is 12.9. The topological polar surface area (TPSA) is 75.5 Å². The molecule has 1 fully saturated rings. The minimum absolute atomic E-state index is 0.0572. The van der Waals surface area contributed by atoms with Gasteiger partial charge in [0.05, 0.1) is 15.6 Å². The highest BCUT2D eigenvalue weighted by atomic mass is 35.5. The number of hydrogen-bond donors (Lipinski definition) is 1. The van der Waals surface area contributed by atoms with E-state index in [4.69, 9.17) is 23.2 Å². The molecule has 8 heteroatoms. The Morgan fingerprint density at radius 1 is 1.22 bits per heavy atom. The van der Waals surface area contributed by atoms with Gasteiger partial charge in [0.2, 0.25) is 0 Å². The highest BCUT2D eigenvalue weighted by Gasteiger charge is 2.27. The number of nitrogens with zero attached hydrogens (tertiary/aromatic N) is 2. The second-order valence-electron chi connectivity index (χ2n) is 6.58. The maximum atomic E-state index is 12.5. The summed E-state index contributed by atoms with van der Waals surface area (Å²) in [6.07, 6.45) is 3.03. The Morgan fingerprint density at radius 2 is 1.93 bits per heavy atom. The van der Waals surface area contributed by atoms with E-state index in [-0.39, 0.29) is 22.7 Å². The lowest BCUT2D eigenvalue weighted by Gasteiger charge is -2.35. The largest absolute Gasteiger partial charge is 0.363 e. The fourth-order valence-electron chi connectivity index (χ4n) is 3.28. The molecule has 1 N–H and O–H groups in total. The molecule has 0 saturated carbocycles. The van der Waals surface area contributed by atoms with Crippen LogP contribution < -0.4 is 10.2 Å². The Bertz CT molecular complexity index is 871. The van der Waals surface area contributed by atoms with Gasteiger partial charge in [0.15, 0.2) is 0 Å². The molecule has 2 aromatic rings. The summed E-state index contributed by atoms with van der Waals surface area (Å²) in [4.78, 5) is 25.6. The minimum Gasteiger partial charge on any atom is -0.363 e. The van der Waals surface area contributed by atoms with E-state index >= 15 is 0 Å². The number of rotatable bonds is 4. The van der Waals surface area contributed by atoms with E-state index in [1.54, 1.807) is 30.3 Å². The lowest BCUT2D eigenvalue weighted by Crippen LogP contribution is -2.37. The number of hydrogen-bond acceptors (Lipinski definition) is 4. The van der Waals surface area contributed by atoms with Crippen LogP contribution >= 0.6 is 23.2 Å². The molecule has 1 atom stereocenters. The van der Waals surface area contributed by atoms with Crippen LogP contribution in [0, 0.1) is 10.1 Å². The van der Waals surface area contributed by atoms with Crippen molar-refractivity contribution in [1.29, 1.82) is 0 Å². The second kappa shape index (κ2) is 8.15. The average molecular weight is 408 g/mol. The number of nitro groups is 1. The number of carbonyl (C=O) groups excluding carboxylic acids is 1. The van der Waals surface area contributed by atoms with Crippen molar-refractivity contribution in [3.05, 3.63) is 62.1 Å². The summed E-state index contributed by atoms with van der Waals surface area (Å²) in [5.74, 6) is -0.361. The Labute approximate surface area is 167 Å². The average Bonchev–Trinajstić information content (AvgIpc) is 2.64. The van der Waals surface area contributed by atoms with Crippen LogP contribution in [0.25, 0.3) is 0 Å². The third-order valence-electron chi connectivity index (χ3n) is 4.73. The molecule has 6 nitrogen and oxygen atoms in total. The first-order valence-corrected chi connectivity index (χ1v) is 9.44. The van der Waals surface area contributed by atoms with Gasteiger partial charge in [-0.05, 0) is 56.5 Å². The van der Waals surface area contributed by atoms with Gasteiger partial charge in [-0.25, -0.2) is 0 Å². The zero-order valence-electron chi connectivity index (χ0n) is 14.7. The number of halogens is 2. The number of nitro benzene ring substituents is 1. The number of anilines is 2. The Kier molecular flexibility index (Phi) is 5.87. The third-order valence-corrected chi connectivity index (χ3v) is 5.29. The molecule has 0 aromatic heterocycles. The monoisotopic (exact) mass is 407 g/mol. The molecule has 1 heterocycles. The fourth-order valence-corrected chi connectivity index (χ4v) is 3.61. The predicted octanol–water partition coefficient (Wildman–Crippen LogP) is 5.53. The fraction of sp³-hybridized carbons (Fsp3) is 0.316. The normalized spacial score (nSPS) is 16.9. The van der Waals surface area contributed by atoms with Crippen LogP contribution in [0.5, 0.6) is 0 Å². The van der Waals surface area contributed by atoms with Crippen molar-refractivity contribution in [2.24, 2.45) is 0 Å². The predicted molar refractivity (Wildman–Crippen MR) is 108 cm³/mol. The highest BCUT2D eigenvalue weighted by molar-refractivity contribution is 6.34. The van der Waals surface area contributed by atoms with E-state index in [1.807, 2.05) is 11.8 Å². The van der Waals surface area contributed by atoms with Gasteiger partial charge in [-0.2, -0.15) is 0 Å². The molecule has 0 spiro atoms. The Morgan fingerprint density at radius 3 is 2.56 bits per heavy atom. The minimum atomic E-state index is -0.437. The summed E-state index contributed by atoms with van der Waals surface area (Å²) >= 11 is 12.1. The maximum Gasteiger partial charge on any atom is 0.294 e. The third kappa shape index (κ3) is 4.34. The molecular formula is C19H19Cl2N3O3. The van der Waals surface area contributed by atoms with Crippen LogP contribution in [0.1, 0.15) is 36.5 Å². The SMILES string of the molecule is CC1CCCCN1c1cc(NC(=O)c2ccc(Cl)cc2)c(Cl)cc1[N+](=O)[O-]. The van der Waals surface area contributed by atoms with Crippen LogP contribution in [0.2, 0.25) is 10.0 Å². The van der Waals surface area contributed by atoms with Crippen molar-refractivity contribution in [3.63, 3.8) is 0 Å². The molecule has 1 unspecified atom stereocenters. The van der Waals surface area contributed by atoms with Gasteiger partial charge in [-0.3, -0.25) is 14.9 Å². The Balaban J connectivity index is 1.95. The van der Waals surface area contributed by atoms with Gasteiger partial charge < -0.3 is 10.2 Å². The van der Waals surface area contributed by atoms with Crippen LogP contribution in [0.3, 0.4) is 0 Å². The van der Waals surface area contributed by atoms with Crippen LogP contribution in [-0.4, -0.2) is 23.4 Å². The van der Waals surface area contributed by atoms with E-state index in [9.17, 15) is 14.9 Å². The van der Waals surface area contributed by atoms with Crippen molar-refractivity contribution < 1.29 is 9.72 Å². The number of piperidine rings is 1. The van der Waals surface area contributed by atoms with Crippen LogP contribution in [0.4, 0.5) is 17.1 Å². The van der Waals surface area contributed by atoms with Gasteiger partial charge in [-0.15, -0.1) is 0 Å². The van der Waals surface area contributed by atoms with E-state index in [2.05, 4.69) is 5.32 Å². The first-order valence-electron chi connectivity index (χ1n) is 8.68. The zero-order chi connectivity index (χ0) is 19.6. The maximum absolute atomic E-state index is 12.5. The van der Waals surface area contributed by atoms with Crippen molar-refractivity contribution in [2.45, 2.75) is 32.2 Å². The van der Waals surface area contributed by atoms with Crippen LogP contribution in [-0.2, 0) is 0 Å². The van der Waals surface area contributed by atoms with Gasteiger partial charge in [0.1, 0.15) is 5.69 Å². The summed E-state index contributed by atoms with van der Waals surface area (Å²) < 4.78 is 0. The van der Waals surface area contributed by atoms with Crippen molar-refractivity contribution >= 4 is 46.2 Å². The Hall–Kier alpha value is -2.31. The molecule has 142 valence electrons. The molecule has 0 bridgehead atoms. The van der Waals surface area contributed by atoms with Crippen molar-refractivity contribution in [1.82, 2.24) is 0 Å². The molecule has 1 aliphatic heterocycles. The summed E-state index contributed by atoms with van der Waals surface area (Å²) in [6, 6.07) is 9.52. The van der Waals surface area contributed by atoms with E-state index in [1.165, 1.54) is 6.07 Å². The molecule has 0 radical (unpaired) electrons. The van der Waals surface area contributed by atoms with Gasteiger partial charge >= 0.3 is 0 Å². The number of benzene rings is 2. The second-order valence-corrected chi connectivity index (χ2v) is 7.42. The summed E-state index contributed by atoms with van der Waals surface area (Å²) in [7, 11) is 0. The molecule has 1 aliphatic rings. The number of nitrogens with one attached hydrogen (secondary N) is 1. The first kappa shape index (κ1) is 19.5. The van der Waals surface area contributed by atoms with Gasteiger partial charge in [0, 0.05) is 29.2 Å². The number of carbonyl (C=O) groups is 1. The summed E-state index contributed by atoms with van der Waals surface area (Å²) in [5.41, 5.74) is 1.18. The van der Waals surface area contributed by atoms with Gasteiger partial charge in [-0.1, -0.05) is 23.2 Å². The molecule has 0 aliphatic carbocycles. The molecule has 1 amide bonds. The van der Waals surface area contributed by atoms with Crippen LogP contribution in [0.15, 0.2) is 36.4 Å². The molecule has 2 aromatic carbocycles. The molecule has 3 rings (SSSR count). The lowest BCUT2D eigenvalue weighted by atomic mass is 10.0. The molecule has 1 saturated heterocycles. The molecular weight excluding hydrogens is 389 g/mol. The smallest absolute Gasteiger partial charge is 0.294 e. The lowest BCUT2D eigenvalue weighted by molar-refractivity contribution is -0.384. The van der Waals surface area contributed by atoms with E-state index < -0.39 is 4.92 Å². The van der Waals surface area contributed by atoms with Crippen molar-refractivity contribution in [3.8, 4) is 0 Å². The highest BCUT2D eigenvalue weighted by Crippen LogP contribution is 2.39.